The highest BCUT2D eigenvalue weighted by atomic mass is 35.5. The van der Waals surface area contributed by atoms with Gasteiger partial charge in [-0.15, -0.1) is 0 Å². The van der Waals surface area contributed by atoms with Crippen LogP contribution in [0, 0.1) is 0 Å². The van der Waals surface area contributed by atoms with Crippen molar-refractivity contribution >= 4 is 17.3 Å². The maximum absolute atomic E-state index is 6.09. The van der Waals surface area contributed by atoms with E-state index < -0.39 is 0 Å². The zero-order valence-electron chi connectivity index (χ0n) is 14.4. The van der Waals surface area contributed by atoms with Crippen LogP contribution >= 0.6 is 11.6 Å². The number of rotatable bonds is 7. The first-order chi connectivity index (χ1) is 11.1. The molecule has 1 aromatic rings. The predicted molar refractivity (Wildman–Crippen MR) is 94.3 cm³/mol. The molecule has 1 unspecified atom stereocenters. The Morgan fingerprint density at radius 1 is 1.43 bits per heavy atom. The molecule has 5 nitrogen and oxygen atoms in total. The molecule has 1 aliphatic heterocycles. The molecule has 0 bridgehead atoms. The van der Waals surface area contributed by atoms with Crippen LogP contribution in [0.15, 0.2) is 12.1 Å². The van der Waals surface area contributed by atoms with E-state index in [1.54, 1.807) is 0 Å². The molecule has 1 saturated heterocycles. The van der Waals surface area contributed by atoms with Crippen LogP contribution < -0.4 is 4.90 Å². The van der Waals surface area contributed by atoms with Crippen molar-refractivity contribution in [2.45, 2.75) is 32.4 Å². The lowest BCUT2D eigenvalue weighted by Crippen LogP contribution is -2.35. The molecule has 0 aromatic carbocycles. The lowest BCUT2D eigenvalue weighted by molar-refractivity contribution is -0.000227. The molecule has 2 rings (SSSR count). The molecule has 0 radical (unpaired) electrons. The van der Waals surface area contributed by atoms with Gasteiger partial charge in [-0.05, 0) is 32.6 Å². The van der Waals surface area contributed by atoms with Gasteiger partial charge in [0.15, 0.2) is 0 Å². The largest absolute Gasteiger partial charge is 0.377 e. The maximum Gasteiger partial charge on any atom is 0.129 e. The van der Waals surface area contributed by atoms with Crippen LogP contribution in [0.25, 0.3) is 0 Å². The summed E-state index contributed by atoms with van der Waals surface area (Å²) in [6.45, 7) is 6.76. The van der Waals surface area contributed by atoms with Gasteiger partial charge in [0.05, 0.1) is 30.7 Å². The normalized spacial score (nSPS) is 19.2. The summed E-state index contributed by atoms with van der Waals surface area (Å²) in [7, 11) is 4.07. The second-order valence-electron chi connectivity index (χ2n) is 6.20. The maximum atomic E-state index is 6.09. The summed E-state index contributed by atoms with van der Waals surface area (Å²) in [5.41, 5.74) is 2.12. The number of nitrogens with zero attached hydrogens (tertiary/aromatic N) is 3. The van der Waals surface area contributed by atoms with Gasteiger partial charge in [0.1, 0.15) is 5.15 Å². The first-order valence-electron chi connectivity index (χ1n) is 8.34. The van der Waals surface area contributed by atoms with Gasteiger partial charge < -0.3 is 19.3 Å². The smallest absolute Gasteiger partial charge is 0.129 e. The second-order valence-corrected chi connectivity index (χ2v) is 6.59. The quantitative estimate of drug-likeness (QED) is 0.563. The molecule has 0 spiro atoms. The number of anilines is 1. The zero-order valence-corrected chi connectivity index (χ0v) is 15.2. The lowest BCUT2D eigenvalue weighted by atomic mass is 10.2. The molecule has 23 heavy (non-hydrogen) atoms. The molecular weight excluding hydrogens is 314 g/mol. The Hall–Kier alpha value is -0.880. The lowest BCUT2D eigenvalue weighted by Gasteiger charge is -2.28. The van der Waals surface area contributed by atoms with Crippen molar-refractivity contribution in [3.8, 4) is 0 Å². The molecule has 1 aliphatic rings. The average molecular weight is 342 g/mol. The van der Waals surface area contributed by atoms with Crippen LogP contribution in [0.3, 0.4) is 0 Å². The topological polar surface area (TPSA) is 37.8 Å². The Kier molecular flexibility index (Phi) is 7.56. The number of aromatic nitrogens is 1. The average Bonchev–Trinajstić information content (AvgIpc) is 2.73. The molecular formula is C17H28ClN3O2. The van der Waals surface area contributed by atoms with Gasteiger partial charge in [0, 0.05) is 26.2 Å². The molecule has 1 fully saturated rings. The summed E-state index contributed by atoms with van der Waals surface area (Å²) in [4.78, 5) is 8.93. The number of pyridine rings is 1. The SMILES string of the molecule is CCCCOC1COCCN(c2ccc(Cl)nc2CN(C)C)C1. The van der Waals surface area contributed by atoms with Gasteiger partial charge >= 0.3 is 0 Å². The highest BCUT2D eigenvalue weighted by Gasteiger charge is 2.22. The molecule has 0 aliphatic carbocycles. The third kappa shape index (κ3) is 5.92. The van der Waals surface area contributed by atoms with Crippen LogP contribution in [-0.2, 0) is 16.0 Å². The van der Waals surface area contributed by atoms with Crippen molar-refractivity contribution in [3.63, 3.8) is 0 Å². The van der Waals surface area contributed by atoms with Crippen LogP contribution in [0.2, 0.25) is 5.15 Å². The van der Waals surface area contributed by atoms with Crippen molar-refractivity contribution < 1.29 is 9.47 Å². The summed E-state index contributed by atoms with van der Waals surface area (Å²) < 4.78 is 11.7. The fourth-order valence-electron chi connectivity index (χ4n) is 2.66. The summed E-state index contributed by atoms with van der Waals surface area (Å²) in [5.74, 6) is 0. The van der Waals surface area contributed by atoms with Crippen LogP contribution in [-0.4, -0.2) is 63.0 Å². The molecule has 0 N–H and O–H groups in total. The monoisotopic (exact) mass is 341 g/mol. The number of hydrogen-bond donors (Lipinski definition) is 0. The second kappa shape index (κ2) is 9.42. The van der Waals surface area contributed by atoms with E-state index >= 15 is 0 Å². The van der Waals surface area contributed by atoms with Crippen molar-refractivity contribution in [2.75, 3.05) is 51.9 Å². The fourth-order valence-corrected chi connectivity index (χ4v) is 2.83. The van der Waals surface area contributed by atoms with Gasteiger partial charge in [-0.2, -0.15) is 0 Å². The molecule has 6 heteroatoms. The van der Waals surface area contributed by atoms with Gasteiger partial charge in [-0.25, -0.2) is 4.98 Å². The minimum Gasteiger partial charge on any atom is -0.377 e. The Morgan fingerprint density at radius 2 is 2.26 bits per heavy atom. The first kappa shape index (κ1) is 18.5. The fraction of sp³-hybridized carbons (Fsp3) is 0.706. The highest BCUT2D eigenvalue weighted by molar-refractivity contribution is 6.29. The molecule has 0 saturated carbocycles. The molecule has 1 atom stereocenters. The minimum atomic E-state index is 0.104. The Morgan fingerprint density at radius 3 is 3.00 bits per heavy atom. The van der Waals surface area contributed by atoms with Gasteiger partial charge in [-0.1, -0.05) is 24.9 Å². The molecule has 2 heterocycles. The number of halogens is 1. The number of hydrogen-bond acceptors (Lipinski definition) is 5. The van der Waals surface area contributed by atoms with E-state index in [4.69, 9.17) is 21.1 Å². The van der Waals surface area contributed by atoms with E-state index in [9.17, 15) is 0 Å². The Labute approximate surface area is 144 Å². The van der Waals surface area contributed by atoms with E-state index in [1.165, 1.54) is 0 Å². The van der Waals surface area contributed by atoms with Crippen molar-refractivity contribution in [1.29, 1.82) is 0 Å². The summed E-state index contributed by atoms with van der Waals surface area (Å²) in [5, 5.41) is 0.535. The number of unbranched alkanes of at least 4 members (excludes halogenated alkanes) is 1. The highest BCUT2D eigenvalue weighted by Crippen LogP contribution is 2.24. The van der Waals surface area contributed by atoms with E-state index in [1.807, 2.05) is 20.2 Å². The van der Waals surface area contributed by atoms with Crippen LogP contribution in [0.4, 0.5) is 5.69 Å². The van der Waals surface area contributed by atoms with Gasteiger partial charge in [-0.3, -0.25) is 0 Å². The minimum absolute atomic E-state index is 0.104. The third-order valence-corrected chi connectivity index (χ3v) is 4.02. The van der Waals surface area contributed by atoms with Crippen LogP contribution in [0.1, 0.15) is 25.5 Å². The van der Waals surface area contributed by atoms with E-state index in [0.29, 0.717) is 18.4 Å². The first-order valence-corrected chi connectivity index (χ1v) is 8.72. The standard InChI is InChI=1S/C17H28ClN3O2/c1-4-5-9-23-14-11-21(8-10-22-13-14)16-6-7-17(18)19-15(16)12-20(2)3/h6-7,14H,4-5,8-13H2,1-3H3. The summed E-state index contributed by atoms with van der Waals surface area (Å²) in [6, 6.07) is 3.91. The predicted octanol–water partition coefficient (Wildman–Crippen LogP) is 2.82. The van der Waals surface area contributed by atoms with Crippen molar-refractivity contribution in [1.82, 2.24) is 9.88 Å². The molecule has 130 valence electrons. The Balaban J connectivity index is 2.11. The molecule has 1 aromatic heterocycles. The number of ether oxygens (including phenoxy) is 2. The molecule has 0 amide bonds. The van der Waals surface area contributed by atoms with Crippen LogP contribution in [0.5, 0.6) is 0 Å². The summed E-state index contributed by atoms with van der Waals surface area (Å²) >= 11 is 6.09. The summed E-state index contributed by atoms with van der Waals surface area (Å²) in [6.07, 6.45) is 2.34. The van der Waals surface area contributed by atoms with E-state index in [2.05, 4.69) is 27.8 Å². The van der Waals surface area contributed by atoms with Gasteiger partial charge in [0.2, 0.25) is 0 Å². The third-order valence-electron chi connectivity index (χ3n) is 3.81. The van der Waals surface area contributed by atoms with Gasteiger partial charge in [0.25, 0.3) is 0 Å². The van der Waals surface area contributed by atoms with E-state index in [0.717, 1.165) is 50.5 Å². The van der Waals surface area contributed by atoms with Crippen molar-refractivity contribution in [3.05, 3.63) is 23.0 Å². The zero-order chi connectivity index (χ0) is 16.7. The van der Waals surface area contributed by atoms with Crippen molar-refractivity contribution in [2.24, 2.45) is 0 Å². The van der Waals surface area contributed by atoms with E-state index in [-0.39, 0.29) is 6.10 Å². The Bertz CT molecular complexity index is 485.